The van der Waals surface area contributed by atoms with Crippen LogP contribution in [-0.2, 0) is 28.5 Å². The minimum atomic E-state index is -1.79. The summed E-state index contributed by atoms with van der Waals surface area (Å²) in [7, 11) is 0. The molecule has 3 heterocycles. The van der Waals surface area contributed by atoms with Crippen LogP contribution >= 0.6 is 0 Å². The molecule has 0 aromatic carbocycles. The van der Waals surface area contributed by atoms with E-state index < -0.39 is 135 Å². The second kappa shape index (κ2) is 17.8. The third kappa shape index (κ3) is 9.58. The molecule has 0 aromatic rings. The van der Waals surface area contributed by atoms with Crippen molar-refractivity contribution in [1.82, 2.24) is 0 Å². The van der Waals surface area contributed by atoms with Crippen LogP contribution in [0.2, 0.25) is 0 Å². The van der Waals surface area contributed by atoms with Gasteiger partial charge in [-0.3, -0.25) is 0 Å². The maximum atomic E-state index is 12.7. The van der Waals surface area contributed by atoms with E-state index in [1.165, 1.54) is 6.08 Å². The van der Waals surface area contributed by atoms with Crippen molar-refractivity contribution in [3.63, 3.8) is 0 Å². The van der Waals surface area contributed by atoms with Crippen LogP contribution in [0.25, 0.3) is 0 Å². The molecular weight excluding hydrogens is 708 g/mol. The van der Waals surface area contributed by atoms with E-state index in [0.29, 0.717) is 32.1 Å². The Balaban J connectivity index is 1.20. The highest BCUT2D eigenvalue weighted by molar-refractivity contribution is 5.81. The van der Waals surface area contributed by atoms with Gasteiger partial charge in [0.1, 0.15) is 55.4 Å². The molecule has 6 aliphatic rings. The lowest BCUT2D eigenvalue weighted by Gasteiger charge is -2.49. The average Bonchev–Trinajstić information content (AvgIpc) is 3.12. The molecule has 6 fully saturated rings. The van der Waals surface area contributed by atoms with E-state index in [1.807, 2.05) is 0 Å². The molecule has 3 saturated carbocycles. The molecule has 0 aromatic heterocycles. The summed E-state index contributed by atoms with van der Waals surface area (Å²) < 4.78 is 34.4. The summed E-state index contributed by atoms with van der Waals surface area (Å²) in [5, 5.41) is 115. The number of esters is 1. The number of hydrogen-bond acceptors (Lipinski definition) is 17. The Kier molecular flexibility index (Phi) is 13.8. The molecule has 0 bridgehead atoms. The minimum Gasteiger partial charge on any atom is -0.460 e. The number of allylic oxidation sites excluding steroid dienone is 1. The van der Waals surface area contributed by atoms with E-state index in [0.717, 1.165) is 0 Å². The van der Waals surface area contributed by atoms with Crippen molar-refractivity contribution in [2.75, 3.05) is 13.2 Å². The van der Waals surface area contributed by atoms with Crippen LogP contribution in [0.15, 0.2) is 12.2 Å². The zero-order chi connectivity index (χ0) is 38.1. The lowest BCUT2D eigenvalue weighted by molar-refractivity contribution is -0.381. The third-order valence-corrected chi connectivity index (χ3v) is 12.0. The topological polar surface area (TPSA) is 299 Å². The Morgan fingerprint density at radius 1 is 0.679 bits per heavy atom. The molecule has 3 aliphatic heterocycles. The van der Waals surface area contributed by atoms with Crippen molar-refractivity contribution in [3.8, 4) is 0 Å². The molecule has 53 heavy (non-hydrogen) atoms. The molecule has 304 valence electrons. The van der Waals surface area contributed by atoms with Crippen LogP contribution in [0.5, 0.6) is 0 Å². The second-order valence-corrected chi connectivity index (χ2v) is 15.8. The SMILES string of the molecule is O=C(C=CC1CCC(O)C(O)C1)OCC1OC(OC2CC3C(O)CC(O)CC3[OH+]C2C2CCC(O)C(O)C2)C(OC2OCC(O)C(O)C2O)C(O)C1O. The molecule has 12 N–H and O–H groups in total. The Morgan fingerprint density at radius 2 is 1.40 bits per heavy atom. The predicted molar refractivity (Wildman–Crippen MR) is 176 cm³/mol. The molecule has 0 radical (unpaired) electrons. The van der Waals surface area contributed by atoms with Gasteiger partial charge < -0.3 is 84.6 Å². The number of aliphatic hydroxyl groups excluding tert-OH is 11. The van der Waals surface area contributed by atoms with Gasteiger partial charge in [-0.2, -0.15) is 0 Å². The van der Waals surface area contributed by atoms with Gasteiger partial charge in [-0.15, -0.1) is 0 Å². The number of aliphatic hydroxyl groups is 13. The maximum Gasteiger partial charge on any atom is 0.330 e. The molecule has 18 nitrogen and oxygen atoms in total. The summed E-state index contributed by atoms with van der Waals surface area (Å²) in [4.78, 5) is 12.7. The average molecular weight is 766 g/mol. The summed E-state index contributed by atoms with van der Waals surface area (Å²) in [6, 6.07) is 0. The molecule has 21 atom stereocenters. The van der Waals surface area contributed by atoms with Crippen LogP contribution in [0.4, 0.5) is 0 Å². The number of rotatable bonds is 9. The van der Waals surface area contributed by atoms with Crippen LogP contribution in [-0.4, -0.2) is 190 Å². The first-order valence-corrected chi connectivity index (χ1v) is 18.8. The molecule has 3 saturated heterocycles. The van der Waals surface area contributed by atoms with Gasteiger partial charge in [0.25, 0.3) is 0 Å². The molecule has 0 amide bonds. The Bertz CT molecular complexity index is 1230. The Hall–Kier alpha value is -1.43. The molecule has 3 aliphatic carbocycles. The van der Waals surface area contributed by atoms with Gasteiger partial charge in [0.15, 0.2) is 24.8 Å². The highest BCUT2D eigenvalue weighted by Gasteiger charge is 2.56. The zero-order valence-electron chi connectivity index (χ0n) is 29.4. The van der Waals surface area contributed by atoms with Crippen LogP contribution in [0, 0.1) is 17.8 Å². The summed E-state index contributed by atoms with van der Waals surface area (Å²) in [5.41, 5.74) is 0. The smallest absolute Gasteiger partial charge is 0.330 e. The largest absolute Gasteiger partial charge is 0.460 e. The highest BCUT2D eigenvalue weighted by Crippen LogP contribution is 2.42. The van der Waals surface area contributed by atoms with Gasteiger partial charge in [-0.25, -0.2) is 4.79 Å². The predicted octanol–water partition coefficient (Wildman–Crippen LogP) is -4.41. The van der Waals surface area contributed by atoms with Gasteiger partial charge in [0.05, 0.1) is 49.1 Å². The standard InChI is InChI=1S/C35H56O18/c36-16-9-20(39)17-11-25(32(50-24(17)10-16)15-3-5-19(38)22(41)8-15)51-35-33(53-34-31(47)28(44)23(42)12-49-34)30(46)29(45)26(52-35)13-48-27(43)6-2-14-1-4-18(37)21(40)7-14/h2,6,14-26,28-42,44-47H,1,3-5,7-13H2/p+1. The van der Waals surface area contributed by atoms with E-state index >= 15 is 0 Å². The fourth-order valence-electron chi connectivity index (χ4n) is 8.79. The fourth-order valence-corrected chi connectivity index (χ4v) is 8.79. The van der Waals surface area contributed by atoms with Gasteiger partial charge in [-0.05, 0) is 50.9 Å². The monoisotopic (exact) mass is 765 g/mol. The van der Waals surface area contributed by atoms with Gasteiger partial charge in [-0.1, -0.05) is 6.08 Å². The van der Waals surface area contributed by atoms with Crippen molar-refractivity contribution in [1.29, 1.82) is 0 Å². The zero-order valence-corrected chi connectivity index (χ0v) is 29.4. The molecule has 18 heteroatoms. The number of ether oxygens (including phenoxy) is 6. The summed E-state index contributed by atoms with van der Waals surface area (Å²) >= 11 is 0. The van der Waals surface area contributed by atoms with Crippen LogP contribution in [0.3, 0.4) is 0 Å². The Morgan fingerprint density at radius 3 is 2.11 bits per heavy atom. The van der Waals surface area contributed by atoms with Crippen molar-refractivity contribution < 1.29 is 89.4 Å². The van der Waals surface area contributed by atoms with Gasteiger partial charge in [0.2, 0.25) is 0 Å². The lowest BCUT2D eigenvalue weighted by atomic mass is 9.72. The molecule has 6 rings (SSSR count). The Labute approximate surface area is 306 Å². The number of fused-ring (bicyclic) bond motifs is 1. The quantitative estimate of drug-likeness (QED) is 0.0600. The maximum absolute atomic E-state index is 12.7. The van der Waals surface area contributed by atoms with Crippen LogP contribution < -0.4 is 0 Å². The third-order valence-electron chi connectivity index (χ3n) is 12.0. The minimum absolute atomic E-state index is 0.134. The normalized spacial score (nSPS) is 51.1. The summed E-state index contributed by atoms with van der Waals surface area (Å²) in [6.07, 6.45) is -16.1. The second-order valence-electron chi connectivity index (χ2n) is 15.8. The van der Waals surface area contributed by atoms with Crippen LogP contribution in [0.1, 0.15) is 57.8 Å². The molecular formula is C35H57O18+. The van der Waals surface area contributed by atoms with E-state index in [-0.39, 0.29) is 37.5 Å². The van der Waals surface area contributed by atoms with E-state index in [2.05, 4.69) is 0 Å². The first-order chi connectivity index (χ1) is 25.2. The van der Waals surface area contributed by atoms with Crippen molar-refractivity contribution in [2.24, 2.45) is 17.8 Å². The van der Waals surface area contributed by atoms with Gasteiger partial charge in [0, 0.05) is 24.8 Å². The van der Waals surface area contributed by atoms with E-state index in [1.54, 1.807) is 6.08 Å². The number of carbonyl (C=O) groups excluding carboxylic acids is 1. The molecule has 21 unspecified atom stereocenters. The lowest BCUT2D eigenvalue weighted by Crippen LogP contribution is -2.65. The van der Waals surface area contributed by atoms with Gasteiger partial charge >= 0.3 is 5.97 Å². The van der Waals surface area contributed by atoms with E-state index in [4.69, 9.17) is 28.4 Å². The summed E-state index contributed by atoms with van der Waals surface area (Å²) in [5.74, 6) is -1.66. The van der Waals surface area contributed by atoms with Crippen molar-refractivity contribution >= 4 is 5.97 Å². The number of carbonyl (C=O) groups is 1. The van der Waals surface area contributed by atoms with E-state index in [9.17, 15) is 61.0 Å². The van der Waals surface area contributed by atoms with Crippen molar-refractivity contribution in [2.45, 2.75) is 168 Å². The fraction of sp³-hybridized carbons (Fsp3) is 0.914. The molecule has 0 spiro atoms. The highest BCUT2D eigenvalue weighted by atomic mass is 16.8. The first kappa shape index (κ1) is 41.2. The van der Waals surface area contributed by atoms with Crippen molar-refractivity contribution in [3.05, 3.63) is 12.2 Å². The number of hydrogen-bond donors (Lipinski definition) is 11. The summed E-state index contributed by atoms with van der Waals surface area (Å²) in [6.45, 7) is -0.959. The first-order valence-electron chi connectivity index (χ1n) is 18.8.